The molecule has 1 N–H and O–H groups in total. The minimum absolute atomic E-state index is 0.143. The van der Waals surface area contributed by atoms with E-state index in [2.05, 4.69) is 31.3 Å². The van der Waals surface area contributed by atoms with Crippen molar-refractivity contribution in [2.24, 2.45) is 0 Å². The van der Waals surface area contributed by atoms with Crippen LogP contribution in [-0.4, -0.2) is 6.04 Å². The summed E-state index contributed by atoms with van der Waals surface area (Å²) in [5.41, 5.74) is 4.80. The maximum absolute atomic E-state index is 14.1. The number of aryl methyl sites for hydroxylation is 2. The van der Waals surface area contributed by atoms with Crippen LogP contribution in [0.25, 0.3) is 11.1 Å². The van der Waals surface area contributed by atoms with Crippen LogP contribution in [0.5, 0.6) is 0 Å². The lowest BCUT2D eigenvalue weighted by atomic mass is 9.97. The first-order valence-corrected chi connectivity index (χ1v) is 7.07. The molecule has 0 aliphatic rings. The maximum atomic E-state index is 14.1. The molecule has 1 nitrogen and oxygen atoms in total. The van der Waals surface area contributed by atoms with Crippen LogP contribution in [0.4, 0.5) is 4.39 Å². The van der Waals surface area contributed by atoms with Crippen molar-refractivity contribution in [3.05, 3.63) is 58.9 Å². The van der Waals surface area contributed by atoms with Crippen LogP contribution < -0.4 is 5.32 Å². The molecule has 0 unspecified atom stereocenters. The zero-order valence-corrected chi connectivity index (χ0v) is 12.6. The van der Waals surface area contributed by atoms with Crippen molar-refractivity contribution in [1.82, 2.24) is 5.32 Å². The standard InChI is InChI=1S/C18H22FN/c1-12(2)20-11-15-5-7-16(8-6-15)18-14(4)9-13(3)10-17(18)19/h5-10,12,20H,11H2,1-4H3. The van der Waals surface area contributed by atoms with Gasteiger partial charge in [-0.15, -0.1) is 0 Å². The molecule has 2 aromatic rings. The van der Waals surface area contributed by atoms with Crippen molar-refractivity contribution in [2.45, 2.75) is 40.3 Å². The van der Waals surface area contributed by atoms with Gasteiger partial charge < -0.3 is 5.32 Å². The summed E-state index contributed by atoms with van der Waals surface area (Å²) in [6.07, 6.45) is 0. The Balaban J connectivity index is 2.26. The van der Waals surface area contributed by atoms with Gasteiger partial charge in [-0.25, -0.2) is 4.39 Å². The van der Waals surface area contributed by atoms with Crippen molar-refractivity contribution in [1.29, 1.82) is 0 Å². The summed E-state index contributed by atoms with van der Waals surface area (Å²) in [6.45, 7) is 8.96. The number of nitrogens with one attached hydrogen (secondary N) is 1. The topological polar surface area (TPSA) is 12.0 Å². The largest absolute Gasteiger partial charge is 0.310 e. The molecule has 0 atom stereocenters. The van der Waals surface area contributed by atoms with Gasteiger partial charge in [-0.1, -0.05) is 44.2 Å². The van der Waals surface area contributed by atoms with Crippen molar-refractivity contribution in [3.63, 3.8) is 0 Å². The van der Waals surface area contributed by atoms with E-state index in [0.29, 0.717) is 11.6 Å². The zero-order valence-electron chi connectivity index (χ0n) is 12.6. The zero-order chi connectivity index (χ0) is 14.7. The van der Waals surface area contributed by atoms with Gasteiger partial charge in [-0.3, -0.25) is 0 Å². The molecule has 0 aromatic heterocycles. The molecule has 0 bridgehead atoms. The van der Waals surface area contributed by atoms with Gasteiger partial charge in [0, 0.05) is 18.2 Å². The molecule has 0 fully saturated rings. The van der Waals surface area contributed by atoms with E-state index in [-0.39, 0.29) is 5.82 Å². The summed E-state index contributed by atoms with van der Waals surface area (Å²) in [5, 5.41) is 3.38. The Hall–Kier alpha value is -1.67. The Morgan fingerprint density at radius 2 is 1.70 bits per heavy atom. The monoisotopic (exact) mass is 271 g/mol. The molecule has 0 saturated heterocycles. The lowest BCUT2D eigenvalue weighted by molar-refractivity contribution is 0.589. The fourth-order valence-electron chi connectivity index (χ4n) is 2.39. The molecular weight excluding hydrogens is 249 g/mol. The second-order valence-corrected chi connectivity index (χ2v) is 5.67. The number of hydrogen-bond acceptors (Lipinski definition) is 1. The highest BCUT2D eigenvalue weighted by molar-refractivity contribution is 5.68. The molecule has 0 amide bonds. The van der Waals surface area contributed by atoms with Gasteiger partial charge in [0.05, 0.1) is 0 Å². The Morgan fingerprint density at radius 1 is 1.05 bits per heavy atom. The smallest absolute Gasteiger partial charge is 0.131 e. The highest BCUT2D eigenvalue weighted by Gasteiger charge is 2.09. The minimum Gasteiger partial charge on any atom is -0.310 e. The molecular formula is C18H22FN. The molecule has 2 aromatic carbocycles. The van der Waals surface area contributed by atoms with Crippen LogP contribution >= 0.6 is 0 Å². The summed E-state index contributed by atoms with van der Waals surface area (Å²) in [6, 6.07) is 12.2. The minimum atomic E-state index is -0.143. The molecule has 106 valence electrons. The molecule has 0 aliphatic carbocycles. The van der Waals surface area contributed by atoms with Crippen molar-refractivity contribution in [2.75, 3.05) is 0 Å². The normalized spacial score (nSPS) is 11.1. The summed E-state index contributed by atoms with van der Waals surface area (Å²) >= 11 is 0. The second kappa shape index (κ2) is 6.19. The first kappa shape index (κ1) is 14.7. The van der Waals surface area contributed by atoms with Gasteiger partial charge in [-0.05, 0) is 42.2 Å². The molecule has 2 heteroatoms. The summed E-state index contributed by atoms with van der Waals surface area (Å²) in [7, 11) is 0. The Morgan fingerprint density at radius 3 is 2.25 bits per heavy atom. The van der Waals surface area contributed by atoms with Crippen LogP contribution in [-0.2, 0) is 6.54 Å². The average molecular weight is 271 g/mol. The molecule has 0 aliphatic heterocycles. The number of hydrogen-bond donors (Lipinski definition) is 1. The van der Waals surface area contributed by atoms with E-state index in [0.717, 1.165) is 23.2 Å². The van der Waals surface area contributed by atoms with E-state index in [1.54, 1.807) is 6.07 Å². The van der Waals surface area contributed by atoms with E-state index in [9.17, 15) is 4.39 Å². The van der Waals surface area contributed by atoms with Gasteiger partial charge in [-0.2, -0.15) is 0 Å². The third-order valence-electron chi connectivity index (χ3n) is 3.39. The highest BCUT2D eigenvalue weighted by Crippen LogP contribution is 2.27. The summed E-state index contributed by atoms with van der Waals surface area (Å²) in [4.78, 5) is 0. The highest BCUT2D eigenvalue weighted by atomic mass is 19.1. The number of halogens is 1. The SMILES string of the molecule is Cc1cc(C)c(-c2ccc(CNC(C)C)cc2)c(F)c1. The van der Waals surface area contributed by atoms with Gasteiger partial charge >= 0.3 is 0 Å². The summed E-state index contributed by atoms with van der Waals surface area (Å²) in [5.74, 6) is -0.143. The fraction of sp³-hybridized carbons (Fsp3) is 0.333. The Bertz CT molecular complexity index is 562. The van der Waals surface area contributed by atoms with Crippen LogP contribution in [0, 0.1) is 19.7 Å². The van der Waals surface area contributed by atoms with E-state index in [4.69, 9.17) is 0 Å². The van der Waals surface area contributed by atoms with Gasteiger partial charge in [0.1, 0.15) is 5.82 Å². The molecule has 2 rings (SSSR count). The molecule has 0 radical (unpaired) electrons. The lowest BCUT2D eigenvalue weighted by Crippen LogP contribution is -2.21. The van der Waals surface area contributed by atoms with Crippen LogP contribution in [0.3, 0.4) is 0 Å². The third-order valence-corrected chi connectivity index (χ3v) is 3.39. The van der Waals surface area contributed by atoms with Gasteiger partial charge in [0.2, 0.25) is 0 Å². The van der Waals surface area contributed by atoms with Gasteiger partial charge in [0.15, 0.2) is 0 Å². The predicted octanol–water partition coefficient (Wildman–Crippen LogP) is 4.61. The molecule has 0 saturated carbocycles. The Labute approximate surface area is 120 Å². The second-order valence-electron chi connectivity index (χ2n) is 5.67. The van der Waals surface area contributed by atoms with Crippen molar-refractivity contribution in [3.8, 4) is 11.1 Å². The number of rotatable bonds is 4. The van der Waals surface area contributed by atoms with Gasteiger partial charge in [0.25, 0.3) is 0 Å². The van der Waals surface area contributed by atoms with E-state index >= 15 is 0 Å². The lowest BCUT2D eigenvalue weighted by Gasteiger charge is -2.11. The van der Waals surface area contributed by atoms with E-state index < -0.39 is 0 Å². The number of benzene rings is 2. The Kier molecular flexibility index (Phi) is 4.56. The fourth-order valence-corrected chi connectivity index (χ4v) is 2.39. The van der Waals surface area contributed by atoms with Crippen LogP contribution in [0.1, 0.15) is 30.5 Å². The summed E-state index contributed by atoms with van der Waals surface area (Å²) < 4.78 is 14.1. The first-order chi connectivity index (χ1) is 9.47. The molecule has 0 heterocycles. The molecule has 20 heavy (non-hydrogen) atoms. The quantitative estimate of drug-likeness (QED) is 0.856. The first-order valence-electron chi connectivity index (χ1n) is 7.07. The van der Waals surface area contributed by atoms with Crippen LogP contribution in [0.15, 0.2) is 36.4 Å². The molecule has 0 spiro atoms. The van der Waals surface area contributed by atoms with E-state index in [1.807, 2.05) is 32.0 Å². The van der Waals surface area contributed by atoms with Crippen LogP contribution in [0.2, 0.25) is 0 Å². The average Bonchev–Trinajstić information content (AvgIpc) is 2.36. The third kappa shape index (κ3) is 3.45. The predicted molar refractivity (Wildman–Crippen MR) is 83.3 cm³/mol. The van der Waals surface area contributed by atoms with Crippen molar-refractivity contribution >= 4 is 0 Å². The van der Waals surface area contributed by atoms with E-state index in [1.165, 1.54) is 5.56 Å². The maximum Gasteiger partial charge on any atom is 0.131 e. The van der Waals surface area contributed by atoms with Crippen molar-refractivity contribution < 1.29 is 4.39 Å².